The van der Waals surface area contributed by atoms with Crippen LogP contribution in [0.1, 0.15) is 402 Å². The number of aliphatic hydroxyl groups excluding tert-OH is 1. The second-order valence-electron chi connectivity index (χ2n) is 29.8. The third-order valence-electron chi connectivity index (χ3n) is 19.2. The molecule has 0 aliphatic carbocycles. The largest absolute Gasteiger partial charge is 0.472 e. The minimum absolute atomic E-state index is 0.0842. The van der Waals surface area contributed by atoms with Crippen LogP contribution in [0.25, 0.3) is 0 Å². The van der Waals surface area contributed by atoms with Crippen molar-refractivity contribution >= 4 is 39.5 Å². The number of hydrogen-bond donors (Lipinski definition) is 3. The molecule has 0 fully saturated rings. The first-order chi connectivity index (χ1) is 48.8. The lowest BCUT2D eigenvalue weighted by Crippen LogP contribution is -2.30. The maximum Gasteiger partial charge on any atom is 0.472 e. The van der Waals surface area contributed by atoms with E-state index >= 15 is 0 Å². The number of unbranched alkanes of at least 4 members (excludes halogenated alkanes) is 41. The highest BCUT2D eigenvalue weighted by molar-refractivity contribution is 7.47. The highest BCUT2D eigenvalue weighted by Gasteiger charge is 2.30. The SMILES string of the molecule is CCCCCC/C=C\C=C/CCCCCCCC(=O)O[C@H](COC(=O)CCCCCCCCCC(C)C)COP(=O)(O)OCC(O)COP(=O)(O)OC[C@@H](COC(=O)CCCCCCCCCCCCCCCCC(C)CC)OC(=O)CCCCCCCCCCCCCCCCC(C)CC. The highest BCUT2D eigenvalue weighted by atomic mass is 31.2. The van der Waals surface area contributed by atoms with Crippen LogP contribution in [-0.4, -0.2) is 96.7 Å². The summed E-state index contributed by atoms with van der Waals surface area (Å²) in [6, 6.07) is 0. The molecule has 7 atom stereocenters. The molecule has 0 rings (SSSR count). The van der Waals surface area contributed by atoms with Gasteiger partial charge in [-0.3, -0.25) is 37.3 Å². The van der Waals surface area contributed by atoms with E-state index in [1.165, 1.54) is 193 Å². The van der Waals surface area contributed by atoms with Gasteiger partial charge in [-0.2, -0.15) is 0 Å². The topological polar surface area (TPSA) is 237 Å². The van der Waals surface area contributed by atoms with E-state index < -0.39 is 97.5 Å². The number of carbonyl (C=O) groups is 4. The van der Waals surface area contributed by atoms with Crippen LogP contribution in [0, 0.1) is 17.8 Å². The van der Waals surface area contributed by atoms with Crippen molar-refractivity contribution in [3.8, 4) is 0 Å². The first-order valence-electron chi connectivity index (χ1n) is 41.7. The summed E-state index contributed by atoms with van der Waals surface area (Å²) in [6.07, 6.45) is 63.2. The molecule has 3 N–H and O–H groups in total. The quantitative estimate of drug-likeness (QED) is 0.0169. The number of carbonyl (C=O) groups excluding carboxylic acids is 4. The summed E-state index contributed by atoms with van der Waals surface area (Å²) in [4.78, 5) is 73.0. The van der Waals surface area contributed by atoms with Crippen molar-refractivity contribution in [1.29, 1.82) is 0 Å². The van der Waals surface area contributed by atoms with Crippen molar-refractivity contribution in [2.24, 2.45) is 17.8 Å². The first-order valence-corrected chi connectivity index (χ1v) is 44.7. The molecule has 0 aliphatic rings. The predicted octanol–water partition coefficient (Wildman–Crippen LogP) is 24.1. The van der Waals surface area contributed by atoms with Gasteiger partial charge in [-0.15, -0.1) is 0 Å². The Morgan fingerprint density at radius 1 is 0.327 bits per heavy atom. The number of esters is 4. The van der Waals surface area contributed by atoms with E-state index in [-0.39, 0.29) is 25.7 Å². The number of phosphoric ester groups is 2. The molecule has 5 unspecified atom stereocenters. The summed E-state index contributed by atoms with van der Waals surface area (Å²) in [5.74, 6) is 0.254. The van der Waals surface area contributed by atoms with Crippen molar-refractivity contribution in [3.63, 3.8) is 0 Å². The van der Waals surface area contributed by atoms with E-state index in [1.54, 1.807) is 0 Å². The standard InChI is InChI=1S/C82H156O17P2/c1-8-11-12-13-14-15-16-17-18-26-31-36-43-51-58-65-82(87)99-78(70-93-80(85)64-57-50-45-38-39-46-53-60-73(4)5)72-97-101(90,91)95-68-76(83)67-94-100(88,89)96-71-77(98-81(86)66-59-52-44-37-32-27-22-20-24-29-34-41-48-55-62-75(7)10-3)69-92-79(84)63-56-49-42-35-30-25-21-19-23-28-33-40-47-54-61-74(6)9-2/h15-18,73-78,83H,8-14,19-72H2,1-7H3,(H,88,89)(H,90,91)/b16-15-,18-17-/t74?,75?,76?,77-,78-/m1/s1. The van der Waals surface area contributed by atoms with Crippen LogP contribution in [0.4, 0.5) is 0 Å². The fourth-order valence-corrected chi connectivity index (χ4v) is 13.6. The van der Waals surface area contributed by atoms with Crippen LogP contribution >= 0.6 is 15.6 Å². The normalized spacial score (nSPS) is 14.6. The van der Waals surface area contributed by atoms with Crippen molar-refractivity contribution in [1.82, 2.24) is 0 Å². The van der Waals surface area contributed by atoms with Crippen molar-refractivity contribution in [2.75, 3.05) is 39.6 Å². The summed E-state index contributed by atoms with van der Waals surface area (Å²) in [5.41, 5.74) is 0. The summed E-state index contributed by atoms with van der Waals surface area (Å²) in [7, 11) is -9.94. The third-order valence-corrected chi connectivity index (χ3v) is 21.1. The lowest BCUT2D eigenvalue weighted by atomic mass is 9.99. The Kier molecular flexibility index (Phi) is 70.0. The molecule has 0 aromatic carbocycles. The molecule has 0 aromatic heterocycles. The number of phosphoric acid groups is 2. The van der Waals surface area contributed by atoms with Crippen LogP contribution in [0.3, 0.4) is 0 Å². The zero-order chi connectivity index (χ0) is 74.4. The summed E-state index contributed by atoms with van der Waals surface area (Å²) >= 11 is 0. The number of allylic oxidation sites excluding steroid dienone is 4. The van der Waals surface area contributed by atoms with Gasteiger partial charge in [0.25, 0.3) is 0 Å². The lowest BCUT2D eigenvalue weighted by Gasteiger charge is -2.21. The smallest absolute Gasteiger partial charge is 0.462 e. The Labute approximate surface area is 618 Å². The van der Waals surface area contributed by atoms with Crippen molar-refractivity contribution in [3.05, 3.63) is 24.3 Å². The van der Waals surface area contributed by atoms with Crippen LogP contribution < -0.4 is 0 Å². The second-order valence-corrected chi connectivity index (χ2v) is 32.7. The first kappa shape index (κ1) is 98.5. The van der Waals surface area contributed by atoms with Gasteiger partial charge in [-0.05, 0) is 69.1 Å². The van der Waals surface area contributed by atoms with Crippen LogP contribution in [0.5, 0.6) is 0 Å². The van der Waals surface area contributed by atoms with E-state index in [4.69, 9.17) is 37.0 Å². The van der Waals surface area contributed by atoms with Gasteiger partial charge < -0.3 is 33.8 Å². The zero-order valence-corrected chi connectivity index (χ0v) is 67.6. The number of hydrogen-bond acceptors (Lipinski definition) is 15. The summed E-state index contributed by atoms with van der Waals surface area (Å²) in [5, 5.41) is 10.6. The average Bonchev–Trinajstić information content (AvgIpc) is 0.925. The predicted molar refractivity (Wildman–Crippen MR) is 414 cm³/mol. The fourth-order valence-electron chi connectivity index (χ4n) is 12.1. The zero-order valence-electron chi connectivity index (χ0n) is 65.9. The number of ether oxygens (including phenoxy) is 4. The maximum absolute atomic E-state index is 13.1. The molecule has 0 saturated heterocycles. The van der Waals surface area contributed by atoms with Crippen LogP contribution in [0.15, 0.2) is 24.3 Å². The minimum atomic E-state index is -4.97. The molecular weight excluding hydrogens is 1320 g/mol. The Bertz CT molecular complexity index is 2060. The summed E-state index contributed by atoms with van der Waals surface area (Å²) in [6.45, 7) is 11.9. The van der Waals surface area contributed by atoms with E-state index in [0.29, 0.717) is 31.6 Å². The van der Waals surface area contributed by atoms with Gasteiger partial charge >= 0.3 is 39.5 Å². The average molecular weight is 1480 g/mol. The molecule has 101 heavy (non-hydrogen) atoms. The number of aliphatic hydroxyl groups is 1. The van der Waals surface area contributed by atoms with Gasteiger partial charge in [-0.1, -0.05) is 349 Å². The van der Waals surface area contributed by atoms with Gasteiger partial charge in [-0.25, -0.2) is 9.13 Å². The third kappa shape index (κ3) is 72.9. The fraction of sp³-hybridized carbons (Fsp3) is 0.902. The molecular formula is C82H156O17P2. The molecule has 0 spiro atoms. The highest BCUT2D eigenvalue weighted by Crippen LogP contribution is 2.45. The second kappa shape index (κ2) is 71.8. The van der Waals surface area contributed by atoms with Gasteiger partial charge in [0.1, 0.15) is 19.3 Å². The molecule has 0 bridgehead atoms. The monoisotopic (exact) mass is 1480 g/mol. The number of rotatable bonds is 78. The van der Waals surface area contributed by atoms with Gasteiger partial charge in [0.2, 0.25) is 0 Å². The Morgan fingerprint density at radius 2 is 0.584 bits per heavy atom. The molecule has 596 valence electrons. The summed E-state index contributed by atoms with van der Waals surface area (Å²) < 4.78 is 68.7. The van der Waals surface area contributed by atoms with Gasteiger partial charge in [0, 0.05) is 25.7 Å². The molecule has 0 amide bonds. The molecule has 0 aliphatic heterocycles. The molecule has 17 nitrogen and oxygen atoms in total. The van der Waals surface area contributed by atoms with Gasteiger partial charge in [0.05, 0.1) is 26.4 Å². The Balaban J connectivity index is 5.28. The van der Waals surface area contributed by atoms with E-state index in [2.05, 4.69) is 72.8 Å². The minimum Gasteiger partial charge on any atom is -0.462 e. The maximum atomic E-state index is 13.1. The van der Waals surface area contributed by atoms with Crippen molar-refractivity contribution < 1.29 is 80.2 Å². The van der Waals surface area contributed by atoms with E-state index in [0.717, 1.165) is 121 Å². The Hall–Kier alpha value is -2.46. The molecule has 0 radical (unpaired) electrons. The van der Waals surface area contributed by atoms with E-state index in [9.17, 15) is 43.2 Å². The van der Waals surface area contributed by atoms with Crippen LogP contribution in [0.2, 0.25) is 0 Å². The van der Waals surface area contributed by atoms with Gasteiger partial charge in [0.15, 0.2) is 12.2 Å². The lowest BCUT2D eigenvalue weighted by molar-refractivity contribution is -0.161. The molecule has 0 saturated carbocycles. The molecule has 19 heteroatoms. The van der Waals surface area contributed by atoms with E-state index in [1.807, 2.05) is 0 Å². The molecule has 0 heterocycles. The van der Waals surface area contributed by atoms with Crippen molar-refractivity contribution in [2.45, 2.75) is 420 Å². The Morgan fingerprint density at radius 3 is 0.881 bits per heavy atom. The molecule has 0 aromatic rings. The van der Waals surface area contributed by atoms with Crippen LogP contribution in [-0.2, 0) is 65.4 Å².